The first kappa shape index (κ1) is 29.2. The van der Waals surface area contributed by atoms with Crippen molar-refractivity contribution in [2.75, 3.05) is 30.9 Å². The molecule has 15 heteroatoms. The fraction of sp³-hybridized carbons (Fsp3) is 0.280. The van der Waals surface area contributed by atoms with Crippen LogP contribution >= 0.6 is 23.2 Å². The average Bonchev–Trinajstić information content (AvgIpc) is 3.42. The topological polar surface area (TPSA) is 130 Å². The standard InChI is InChI=1S/C25H22Cl2F3N7O3/c1-31-23-34-8-14(9-35-23)21(38)36-12-24(4-5-40-13-24)22(39)33-11-20-18(27)7-16(10-32-20)37-19-3-2-15(26)6-17(19)25(28,29)30/h2-3,6-10,12,37H,4-5,11,13H2,1H3,(H,33,39)(H,31,34,35). The van der Waals surface area contributed by atoms with Gasteiger partial charge in [-0.1, -0.05) is 23.2 Å². The molecule has 2 aromatic heterocycles. The largest absolute Gasteiger partial charge is 0.418 e. The Morgan fingerprint density at radius 2 is 1.90 bits per heavy atom. The third kappa shape index (κ3) is 6.84. The number of nitrogens with zero attached hydrogens (tertiary/aromatic N) is 4. The van der Waals surface area contributed by atoms with Crippen LogP contribution in [-0.4, -0.2) is 53.2 Å². The van der Waals surface area contributed by atoms with E-state index < -0.39 is 29.0 Å². The maximum atomic E-state index is 13.4. The number of aliphatic imine (C=N–C) groups is 1. The first-order valence-corrected chi connectivity index (χ1v) is 12.5. The number of carbonyl (C=O) groups excluding carboxylic acids is 2. The average molecular weight is 596 g/mol. The fourth-order valence-electron chi connectivity index (χ4n) is 3.76. The maximum absolute atomic E-state index is 13.4. The molecule has 1 aromatic carbocycles. The molecule has 0 spiro atoms. The monoisotopic (exact) mass is 595 g/mol. The van der Waals surface area contributed by atoms with Gasteiger partial charge in [0.1, 0.15) is 5.41 Å². The van der Waals surface area contributed by atoms with Gasteiger partial charge in [0.25, 0.3) is 5.91 Å². The highest BCUT2D eigenvalue weighted by molar-refractivity contribution is 6.31. The number of anilines is 3. The molecule has 1 aliphatic rings. The molecule has 10 nitrogen and oxygen atoms in total. The number of rotatable bonds is 8. The highest BCUT2D eigenvalue weighted by Crippen LogP contribution is 2.38. The normalized spacial score (nSPS) is 17.1. The van der Waals surface area contributed by atoms with E-state index in [0.717, 1.165) is 6.07 Å². The number of hydrogen-bond donors (Lipinski definition) is 3. The second-order valence-electron chi connectivity index (χ2n) is 8.72. The Kier molecular flexibility index (Phi) is 8.86. The molecule has 0 radical (unpaired) electrons. The minimum Gasteiger partial charge on any atom is -0.380 e. The van der Waals surface area contributed by atoms with Gasteiger partial charge in [-0.15, -0.1) is 0 Å². The molecule has 1 saturated heterocycles. The SMILES string of the molecule is CNc1ncc(C(=O)N=CC2(C(=O)NCc3ncc(Nc4ccc(Cl)cc4C(F)(F)F)cc3Cl)CCOC2)cn1. The Morgan fingerprint density at radius 3 is 2.52 bits per heavy atom. The molecule has 40 heavy (non-hydrogen) atoms. The van der Waals surface area contributed by atoms with E-state index >= 15 is 0 Å². The van der Waals surface area contributed by atoms with Crippen molar-refractivity contribution in [1.82, 2.24) is 20.3 Å². The van der Waals surface area contributed by atoms with Gasteiger partial charge in [-0.2, -0.15) is 13.2 Å². The summed E-state index contributed by atoms with van der Waals surface area (Å²) in [4.78, 5) is 41.6. The van der Waals surface area contributed by atoms with Crippen molar-refractivity contribution in [2.24, 2.45) is 10.4 Å². The molecule has 0 aliphatic carbocycles. The summed E-state index contributed by atoms with van der Waals surface area (Å²) < 4.78 is 45.6. The van der Waals surface area contributed by atoms with E-state index in [0.29, 0.717) is 5.95 Å². The predicted octanol–water partition coefficient (Wildman–Crippen LogP) is 4.92. The van der Waals surface area contributed by atoms with E-state index in [1.807, 2.05) is 0 Å². The number of halogens is 5. The van der Waals surface area contributed by atoms with Crippen LogP contribution in [0.5, 0.6) is 0 Å². The fourth-order valence-corrected chi connectivity index (χ4v) is 4.17. The van der Waals surface area contributed by atoms with E-state index in [2.05, 4.69) is 35.9 Å². The van der Waals surface area contributed by atoms with Crippen molar-refractivity contribution in [3.8, 4) is 0 Å². The van der Waals surface area contributed by atoms with Gasteiger partial charge in [-0.3, -0.25) is 14.6 Å². The smallest absolute Gasteiger partial charge is 0.380 e. The second-order valence-corrected chi connectivity index (χ2v) is 9.56. The van der Waals surface area contributed by atoms with Crippen molar-refractivity contribution in [3.05, 3.63) is 69.7 Å². The van der Waals surface area contributed by atoms with Gasteiger partial charge in [0.05, 0.1) is 52.6 Å². The Labute approximate surface area is 236 Å². The number of alkyl halides is 3. The number of pyridine rings is 1. The number of nitrogens with one attached hydrogen (secondary N) is 3. The number of benzene rings is 1. The van der Waals surface area contributed by atoms with Crippen LogP contribution in [-0.2, 0) is 22.3 Å². The van der Waals surface area contributed by atoms with Crippen LogP contribution in [0.1, 0.15) is 28.0 Å². The lowest BCUT2D eigenvalue weighted by atomic mass is 9.87. The zero-order valence-electron chi connectivity index (χ0n) is 20.9. The highest BCUT2D eigenvalue weighted by atomic mass is 35.5. The zero-order chi connectivity index (χ0) is 28.9. The minimum atomic E-state index is -4.63. The van der Waals surface area contributed by atoms with Crippen LogP contribution in [0.4, 0.5) is 30.5 Å². The first-order valence-electron chi connectivity index (χ1n) is 11.7. The lowest BCUT2D eigenvalue weighted by molar-refractivity contribution is -0.137. The third-order valence-corrected chi connectivity index (χ3v) is 6.52. The molecular weight excluding hydrogens is 574 g/mol. The van der Waals surface area contributed by atoms with Crippen LogP contribution in [0.3, 0.4) is 0 Å². The van der Waals surface area contributed by atoms with Crippen LogP contribution in [0.2, 0.25) is 10.0 Å². The van der Waals surface area contributed by atoms with E-state index in [4.69, 9.17) is 27.9 Å². The van der Waals surface area contributed by atoms with Gasteiger partial charge in [0.2, 0.25) is 11.9 Å². The van der Waals surface area contributed by atoms with Crippen molar-refractivity contribution in [2.45, 2.75) is 19.1 Å². The lowest BCUT2D eigenvalue weighted by Crippen LogP contribution is -2.42. The maximum Gasteiger partial charge on any atom is 0.418 e. The van der Waals surface area contributed by atoms with Crippen molar-refractivity contribution >= 4 is 58.6 Å². The number of hydrogen-bond acceptors (Lipinski definition) is 8. The summed E-state index contributed by atoms with van der Waals surface area (Å²) in [6, 6.07) is 4.73. The molecule has 1 fully saturated rings. The van der Waals surface area contributed by atoms with Gasteiger partial charge in [-0.05, 0) is 30.7 Å². The molecule has 0 bridgehead atoms. The lowest BCUT2D eigenvalue weighted by Gasteiger charge is -2.21. The van der Waals surface area contributed by atoms with Crippen LogP contribution in [0.15, 0.2) is 47.8 Å². The number of ether oxygens (including phenoxy) is 1. The molecule has 1 aliphatic heterocycles. The number of amides is 2. The minimum absolute atomic E-state index is 0.0114. The molecular formula is C25H22Cl2F3N7O3. The molecule has 1 unspecified atom stereocenters. The molecule has 210 valence electrons. The summed E-state index contributed by atoms with van der Waals surface area (Å²) in [6.45, 7) is 0.213. The summed E-state index contributed by atoms with van der Waals surface area (Å²) >= 11 is 12.0. The Morgan fingerprint density at radius 1 is 1.15 bits per heavy atom. The molecule has 2 amide bonds. The van der Waals surface area contributed by atoms with Crippen LogP contribution < -0.4 is 16.0 Å². The summed E-state index contributed by atoms with van der Waals surface area (Å²) in [7, 11) is 1.64. The van der Waals surface area contributed by atoms with E-state index in [1.165, 1.54) is 43.0 Å². The van der Waals surface area contributed by atoms with E-state index in [1.54, 1.807) is 7.05 Å². The van der Waals surface area contributed by atoms with Crippen LogP contribution in [0, 0.1) is 5.41 Å². The molecule has 3 N–H and O–H groups in total. The summed E-state index contributed by atoms with van der Waals surface area (Å²) in [5.41, 5.74) is -1.74. The summed E-state index contributed by atoms with van der Waals surface area (Å²) in [5, 5.41) is 8.16. The van der Waals surface area contributed by atoms with Crippen molar-refractivity contribution < 1.29 is 27.5 Å². The zero-order valence-corrected chi connectivity index (χ0v) is 22.4. The number of carbonyl (C=O) groups is 2. The van der Waals surface area contributed by atoms with Crippen LogP contribution in [0.25, 0.3) is 0 Å². The molecule has 3 heterocycles. The highest BCUT2D eigenvalue weighted by Gasteiger charge is 2.41. The summed E-state index contributed by atoms with van der Waals surface area (Å²) in [6.07, 6.45) is 0.845. The van der Waals surface area contributed by atoms with Gasteiger partial charge >= 0.3 is 6.18 Å². The van der Waals surface area contributed by atoms with Gasteiger partial charge in [0, 0.05) is 37.3 Å². The molecule has 4 rings (SSSR count). The van der Waals surface area contributed by atoms with E-state index in [9.17, 15) is 22.8 Å². The second kappa shape index (κ2) is 12.1. The van der Waals surface area contributed by atoms with Gasteiger partial charge in [0.15, 0.2) is 0 Å². The predicted molar refractivity (Wildman–Crippen MR) is 143 cm³/mol. The van der Waals surface area contributed by atoms with Crippen molar-refractivity contribution in [3.63, 3.8) is 0 Å². The Bertz CT molecular complexity index is 1430. The van der Waals surface area contributed by atoms with E-state index in [-0.39, 0.29) is 58.9 Å². The van der Waals surface area contributed by atoms with Crippen molar-refractivity contribution in [1.29, 1.82) is 0 Å². The molecule has 0 saturated carbocycles. The first-order chi connectivity index (χ1) is 19.0. The van der Waals surface area contributed by atoms with Gasteiger partial charge < -0.3 is 20.7 Å². The Hall–Kier alpha value is -3.81. The Balaban J connectivity index is 1.43. The molecule has 1 atom stereocenters. The third-order valence-electron chi connectivity index (χ3n) is 5.96. The quantitative estimate of drug-likeness (QED) is 0.313. The molecule has 3 aromatic rings. The van der Waals surface area contributed by atoms with Gasteiger partial charge in [-0.25, -0.2) is 15.0 Å². The number of aromatic nitrogens is 3. The summed E-state index contributed by atoms with van der Waals surface area (Å²) in [5.74, 6) is -0.740.